The van der Waals surface area contributed by atoms with Gasteiger partial charge in [0.05, 0.1) is 10.6 Å². The molecule has 0 radical (unpaired) electrons. The molecule has 1 saturated carbocycles. The van der Waals surface area contributed by atoms with E-state index in [-0.39, 0.29) is 5.91 Å². The van der Waals surface area contributed by atoms with Gasteiger partial charge >= 0.3 is 0 Å². The van der Waals surface area contributed by atoms with Gasteiger partial charge in [0.2, 0.25) is 0 Å². The molecule has 98 valence electrons. The maximum absolute atomic E-state index is 11.9. The number of thiol groups is 1. The SMILES string of the molecule is O=C(NCCCNC1CC1)c1cc(S)ccc1Cl. The second kappa shape index (κ2) is 6.45. The minimum Gasteiger partial charge on any atom is -0.352 e. The fourth-order valence-electron chi connectivity index (χ4n) is 1.67. The predicted molar refractivity (Wildman–Crippen MR) is 76.7 cm³/mol. The fraction of sp³-hybridized carbons (Fsp3) is 0.462. The van der Waals surface area contributed by atoms with E-state index >= 15 is 0 Å². The lowest BCUT2D eigenvalue weighted by Crippen LogP contribution is -2.28. The molecule has 1 aliphatic rings. The van der Waals surface area contributed by atoms with Gasteiger partial charge in [0.15, 0.2) is 0 Å². The normalized spacial score (nSPS) is 14.6. The highest BCUT2D eigenvalue weighted by molar-refractivity contribution is 7.80. The predicted octanol–water partition coefficient (Wildman–Crippen LogP) is 2.50. The van der Waals surface area contributed by atoms with Crippen LogP contribution in [0.25, 0.3) is 0 Å². The van der Waals surface area contributed by atoms with Gasteiger partial charge < -0.3 is 10.6 Å². The van der Waals surface area contributed by atoms with Gasteiger partial charge in [-0.2, -0.15) is 0 Å². The van der Waals surface area contributed by atoms with Crippen molar-refractivity contribution in [1.82, 2.24) is 10.6 Å². The van der Waals surface area contributed by atoms with Gasteiger partial charge in [-0.3, -0.25) is 4.79 Å². The number of benzene rings is 1. The Morgan fingerprint density at radius 1 is 1.39 bits per heavy atom. The van der Waals surface area contributed by atoms with Crippen molar-refractivity contribution in [3.05, 3.63) is 28.8 Å². The Hall–Kier alpha value is -0.710. The molecule has 1 fully saturated rings. The molecule has 5 heteroatoms. The zero-order valence-corrected chi connectivity index (χ0v) is 11.7. The quantitative estimate of drug-likeness (QED) is 0.555. The molecule has 2 rings (SSSR count). The molecule has 1 aromatic carbocycles. The highest BCUT2D eigenvalue weighted by Gasteiger charge is 2.19. The fourth-order valence-corrected chi connectivity index (χ4v) is 2.07. The van der Waals surface area contributed by atoms with Crippen molar-refractivity contribution in [2.24, 2.45) is 0 Å². The van der Waals surface area contributed by atoms with Gasteiger partial charge in [0.25, 0.3) is 5.91 Å². The lowest BCUT2D eigenvalue weighted by Gasteiger charge is -2.07. The van der Waals surface area contributed by atoms with Crippen LogP contribution in [0.2, 0.25) is 5.02 Å². The topological polar surface area (TPSA) is 41.1 Å². The highest BCUT2D eigenvalue weighted by Crippen LogP contribution is 2.19. The minimum atomic E-state index is -0.137. The van der Waals surface area contributed by atoms with Gasteiger partial charge in [-0.05, 0) is 44.0 Å². The Balaban J connectivity index is 1.74. The third-order valence-electron chi connectivity index (χ3n) is 2.84. The van der Waals surface area contributed by atoms with Crippen LogP contribution in [0.4, 0.5) is 0 Å². The number of rotatable bonds is 6. The van der Waals surface area contributed by atoms with Crippen molar-refractivity contribution >= 4 is 30.1 Å². The van der Waals surface area contributed by atoms with E-state index in [1.165, 1.54) is 12.8 Å². The Bertz CT molecular complexity index is 435. The third kappa shape index (κ3) is 4.19. The molecule has 0 saturated heterocycles. The van der Waals surface area contributed by atoms with Crippen LogP contribution in [0, 0.1) is 0 Å². The van der Waals surface area contributed by atoms with Crippen LogP contribution in [0.1, 0.15) is 29.6 Å². The van der Waals surface area contributed by atoms with Crippen LogP contribution in [0.5, 0.6) is 0 Å². The number of amides is 1. The molecule has 18 heavy (non-hydrogen) atoms. The van der Waals surface area contributed by atoms with Crippen LogP contribution in [0.15, 0.2) is 23.1 Å². The summed E-state index contributed by atoms with van der Waals surface area (Å²) in [5, 5.41) is 6.72. The van der Waals surface area contributed by atoms with Crippen molar-refractivity contribution in [3.63, 3.8) is 0 Å². The molecule has 0 atom stereocenters. The van der Waals surface area contributed by atoms with Crippen molar-refractivity contribution in [2.45, 2.75) is 30.2 Å². The summed E-state index contributed by atoms with van der Waals surface area (Å²) in [7, 11) is 0. The Labute approximate surface area is 118 Å². The molecular weight excluding hydrogens is 268 g/mol. The average molecular weight is 285 g/mol. The van der Waals surface area contributed by atoms with Gasteiger partial charge in [0.1, 0.15) is 0 Å². The van der Waals surface area contributed by atoms with Crippen molar-refractivity contribution < 1.29 is 4.79 Å². The zero-order valence-electron chi connectivity index (χ0n) is 10.1. The molecule has 1 aliphatic carbocycles. The summed E-state index contributed by atoms with van der Waals surface area (Å²) in [5.74, 6) is -0.137. The zero-order chi connectivity index (χ0) is 13.0. The Kier molecular flexibility index (Phi) is 4.92. The Morgan fingerprint density at radius 3 is 2.89 bits per heavy atom. The molecule has 1 aromatic rings. The molecule has 0 bridgehead atoms. The van der Waals surface area contributed by atoms with E-state index in [1.54, 1.807) is 18.2 Å². The lowest BCUT2D eigenvalue weighted by molar-refractivity contribution is 0.0953. The standard InChI is InChI=1S/C13H17ClN2OS/c14-12-5-4-10(18)8-11(12)13(17)16-7-1-6-15-9-2-3-9/h4-5,8-9,15,18H,1-3,6-7H2,(H,16,17). The van der Waals surface area contributed by atoms with E-state index in [0.29, 0.717) is 17.1 Å². The van der Waals surface area contributed by atoms with Crippen LogP contribution >= 0.6 is 24.2 Å². The molecule has 0 heterocycles. The number of carbonyl (C=O) groups excluding carboxylic acids is 1. The van der Waals surface area contributed by atoms with E-state index in [2.05, 4.69) is 23.3 Å². The Morgan fingerprint density at radius 2 is 2.17 bits per heavy atom. The van der Waals surface area contributed by atoms with E-state index in [4.69, 9.17) is 11.6 Å². The first kappa shape index (κ1) is 13.7. The van der Waals surface area contributed by atoms with Crippen molar-refractivity contribution in [3.8, 4) is 0 Å². The molecule has 0 spiro atoms. The minimum absolute atomic E-state index is 0.137. The maximum atomic E-state index is 11.9. The molecule has 3 nitrogen and oxygen atoms in total. The van der Waals surface area contributed by atoms with E-state index in [1.807, 2.05) is 0 Å². The number of halogens is 1. The third-order valence-corrected chi connectivity index (χ3v) is 3.45. The largest absolute Gasteiger partial charge is 0.352 e. The summed E-state index contributed by atoms with van der Waals surface area (Å²) >= 11 is 10.2. The smallest absolute Gasteiger partial charge is 0.252 e. The second-order valence-electron chi connectivity index (χ2n) is 4.50. The van der Waals surface area contributed by atoms with Gasteiger partial charge in [-0.1, -0.05) is 11.6 Å². The summed E-state index contributed by atoms with van der Waals surface area (Å²) in [4.78, 5) is 12.6. The number of carbonyl (C=O) groups is 1. The first-order chi connectivity index (χ1) is 8.66. The summed E-state index contributed by atoms with van der Waals surface area (Å²) in [6.07, 6.45) is 3.51. The number of hydrogen-bond acceptors (Lipinski definition) is 3. The second-order valence-corrected chi connectivity index (χ2v) is 5.43. The first-order valence-electron chi connectivity index (χ1n) is 6.17. The van der Waals surface area contributed by atoms with Crippen LogP contribution in [-0.4, -0.2) is 25.0 Å². The van der Waals surface area contributed by atoms with Crippen LogP contribution < -0.4 is 10.6 Å². The molecule has 0 aliphatic heterocycles. The monoisotopic (exact) mass is 284 g/mol. The summed E-state index contributed by atoms with van der Waals surface area (Å²) in [6, 6.07) is 5.86. The summed E-state index contributed by atoms with van der Waals surface area (Å²) in [5.41, 5.74) is 0.485. The van der Waals surface area contributed by atoms with Gasteiger partial charge in [-0.15, -0.1) is 12.6 Å². The van der Waals surface area contributed by atoms with Gasteiger partial charge in [0, 0.05) is 17.5 Å². The molecule has 2 N–H and O–H groups in total. The molecular formula is C13H17ClN2OS. The van der Waals surface area contributed by atoms with Crippen molar-refractivity contribution in [2.75, 3.05) is 13.1 Å². The first-order valence-corrected chi connectivity index (χ1v) is 6.99. The highest BCUT2D eigenvalue weighted by atomic mass is 35.5. The van der Waals surface area contributed by atoms with Crippen molar-refractivity contribution in [1.29, 1.82) is 0 Å². The lowest BCUT2D eigenvalue weighted by atomic mass is 10.2. The summed E-state index contributed by atoms with van der Waals surface area (Å²) in [6.45, 7) is 1.61. The molecule has 0 aromatic heterocycles. The van der Waals surface area contributed by atoms with Crippen LogP contribution in [0.3, 0.4) is 0 Å². The maximum Gasteiger partial charge on any atom is 0.252 e. The molecule has 1 amide bonds. The number of hydrogen-bond donors (Lipinski definition) is 3. The van der Waals surface area contributed by atoms with E-state index < -0.39 is 0 Å². The average Bonchev–Trinajstić information content (AvgIpc) is 3.15. The van der Waals surface area contributed by atoms with Gasteiger partial charge in [-0.25, -0.2) is 0 Å². The van der Waals surface area contributed by atoms with Crippen LogP contribution in [-0.2, 0) is 0 Å². The summed E-state index contributed by atoms with van der Waals surface area (Å²) < 4.78 is 0. The van der Waals surface area contributed by atoms with E-state index in [0.717, 1.165) is 23.9 Å². The number of nitrogens with one attached hydrogen (secondary N) is 2. The molecule has 0 unspecified atom stereocenters. The van der Waals surface area contributed by atoms with E-state index in [9.17, 15) is 4.79 Å².